The second-order valence-electron chi connectivity index (χ2n) is 17.1. The van der Waals surface area contributed by atoms with Gasteiger partial charge in [0.2, 0.25) is 0 Å². The first-order chi connectivity index (χ1) is 31.7. The molecule has 2 aromatic heterocycles. The van der Waals surface area contributed by atoms with Crippen LogP contribution < -0.4 is 4.90 Å². The van der Waals surface area contributed by atoms with Gasteiger partial charge in [0.1, 0.15) is 11.2 Å². The molecule has 2 aliphatic carbocycles. The Hall–Kier alpha value is -7.98. The van der Waals surface area contributed by atoms with Gasteiger partial charge in [0.05, 0.1) is 11.1 Å². The summed E-state index contributed by atoms with van der Waals surface area (Å²) in [5.41, 5.74) is 20.0. The first-order valence-corrected chi connectivity index (χ1v) is 22.8. The van der Waals surface area contributed by atoms with Crippen molar-refractivity contribution in [2.45, 2.75) is 5.41 Å². The molecule has 0 radical (unpaired) electrons. The van der Waals surface area contributed by atoms with Crippen molar-refractivity contribution < 1.29 is 4.42 Å². The van der Waals surface area contributed by atoms with Crippen molar-refractivity contribution in [2.75, 3.05) is 4.90 Å². The van der Waals surface area contributed by atoms with Gasteiger partial charge in [-0.05, 0) is 122 Å². The van der Waals surface area contributed by atoms with Gasteiger partial charge < -0.3 is 9.32 Å². The lowest BCUT2D eigenvalue weighted by atomic mass is 9.70. The summed E-state index contributed by atoms with van der Waals surface area (Å²) >= 11 is 1.86. The number of benzene rings is 10. The molecule has 0 bridgehead atoms. The summed E-state index contributed by atoms with van der Waals surface area (Å²) in [6.07, 6.45) is 0. The van der Waals surface area contributed by atoms with E-state index in [2.05, 4.69) is 217 Å². The highest BCUT2D eigenvalue weighted by Gasteiger charge is 2.51. The lowest BCUT2D eigenvalue weighted by Crippen LogP contribution is -2.25. The van der Waals surface area contributed by atoms with Gasteiger partial charge in [-0.1, -0.05) is 164 Å². The number of rotatable bonds is 5. The van der Waals surface area contributed by atoms with Crippen LogP contribution in [0.1, 0.15) is 22.3 Å². The maximum Gasteiger partial charge on any atom is 0.136 e. The van der Waals surface area contributed by atoms with Crippen molar-refractivity contribution in [3.63, 3.8) is 0 Å². The highest BCUT2D eigenvalue weighted by molar-refractivity contribution is 7.25. The van der Waals surface area contributed by atoms with Crippen molar-refractivity contribution >= 4 is 70.5 Å². The van der Waals surface area contributed by atoms with Crippen LogP contribution in [-0.4, -0.2) is 0 Å². The minimum atomic E-state index is -0.404. The Morgan fingerprint density at radius 3 is 1.66 bits per heavy atom. The van der Waals surface area contributed by atoms with Crippen LogP contribution in [0.5, 0.6) is 0 Å². The maximum absolute atomic E-state index is 6.33. The summed E-state index contributed by atoms with van der Waals surface area (Å²) < 4.78 is 8.92. The molecule has 298 valence electrons. The Bertz CT molecular complexity index is 3820. The minimum Gasteiger partial charge on any atom is -0.456 e. The number of hydrogen-bond acceptors (Lipinski definition) is 3. The van der Waals surface area contributed by atoms with Crippen LogP contribution in [0.4, 0.5) is 17.1 Å². The van der Waals surface area contributed by atoms with E-state index in [9.17, 15) is 0 Å². The normalized spacial score (nSPS) is 13.1. The summed E-state index contributed by atoms with van der Waals surface area (Å²) in [6, 6.07) is 82.8. The monoisotopic (exact) mass is 831 g/mol. The van der Waals surface area contributed by atoms with Gasteiger partial charge in [-0.2, -0.15) is 0 Å². The van der Waals surface area contributed by atoms with E-state index < -0.39 is 5.41 Å². The summed E-state index contributed by atoms with van der Waals surface area (Å²) in [7, 11) is 0. The van der Waals surface area contributed by atoms with E-state index in [4.69, 9.17) is 4.42 Å². The third-order valence-electron chi connectivity index (χ3n) is 13.9. The average molecular weight is 832 g/mol. The predicted octanol–water partition coefficient (Wildman–Crippen LogP) is 17.1. The van der Waals surface area contributed by atoms with Crippen molar-refractivity contribution in [1.82, 2.24) is 0 Å². The van der Waals surface area contributed by atoms with Gasteiger partial charge in [0.25, 0.3) is 0 Å². The molecule has 0 N–H and O–H groups in total. The molecule has 2 nitrogen and oxygen atoms in total. The highest BCUT2D eigenvalue weighted by Crippen LogP contribution is 2.63. The van der Waals surface area contributed by atoms with E-state index in [0.717, 1.165) is 50.1 Å². The van der Waals surface area contributed by atoms with Gasteiger partial charge in [0.15, 0.2) is 0 Å². The average Bonchev–Trinajstić information content (AvgIpc) is 4.09. The standard InChI is InChI=1S/C61H37NOS/c1-7-21-51-42(14-1)43-15-2-8-22-52(43)61(51)53-23-9-3-16-44(53)50-37-41(33-35-54(50)61)62(40-31-28-38(29-32-40)39-30-34-47-46-18-5-11-25-56(46)63-57(47)36-39)55-24-10-4-17-45(55)48-20-13-27-59-60(48)49-19-6-12-26-58(49)64-59/h1-37H. The first-order valence-electron chi connectivity index (χ1n) is 22.0. The van der Waals surface area contributed by atoms with Crippen LogP contribution in [0.15, 0.2) is 229 Å². The van der Waals surface area contributed by atoms with Gasteiger partial charge in [-0.3, -0.25) is 0 Å². The predicted molar refractivity (Wildman–Crippen MR) is 268 cm³/mol. The smallest absolute Gasteiger partial charge is 0.136 e. The third kappa shape index (κ3) is 4.90. The number of hydrogen-bond donors (Lipinski definition) is 0. The molecule has 0 aliphatic heterocycles. The molecule has 2 heterocycles. The first kappa shape index (κ1) is 35.6. The fraction of sp³-hybridized carbons (Fsp3) is 0.0164. The maximum atomic E-state index is 6.33. The Morgan fingerprint density at radius 1 is 0.344 bits per heavy atom. The number of para-hydroxylation sites is 2. The Labute approximate surface area is 374 Å². The molecule has 0 amide bonds. The summed E-state index contributed by atoms with van der Waals surface area (Å²) in [5.74, 6) is 0. The van der Waals surface area contributed by atoms with Gasteiger partial charge in [-0.15, -0.1) is 11.3 Å². The molecule has 1 spiro atoms. The second kappa shape index (κ2) is 13.5. The summed E-state index contributed by atoms with van der Waals surface area (Å²) in [5, 5.41) is 4.87. The molecule has 0 saturated carbocycles. The quantitative estimate of drug-likeness (QED) is 0.172. The zero-order valence-electron chi connectivity index (χ0n) is 34.6. The molecular formula is C61H37NOS. The fourth-order valence-corrected chi connectivity index (χ4v) is 12.4. The molecule has 12 aromatic rings. The SMILES string of the molecule is c1ccc(N(c2ccc(-c3ccc4c(c3)oc3ccccc34)cc2)c2ccc3c(c2)-c2ccccc2C32c3ccccc3-c3ccccc32)c(-c2cccc3sc4ccccc4c23)c1. The number of fused-ring (bicyclic) bond motifs is 16. The third-order valence-corrected chi connectivity index (χ3v) is 15.1. The van der Waals surface area contributed by atoms with Crippen molar-refractivity contribution in [3.8, 4) is 44.5 Å². The van der Waals surface area contributed by atoms with Crippen molar-refractivity contribution in [3.05, 3.63) is 247 Å². The van der Waals surface area contributed by atoms with Crippen LogP contribution in [0.2, 0.25) is 0 Å². The Morgan fingerprint density at radius 2 is 0.891 bits per heavy atom. The van der Waals surface area contributed by atoms with E-state index >= 15 is 0 Å². The molecule has 3 heteroatoms. The van der Waals surface area contributed by atoms with Gasteiger partial charge in [0, 0.05) is 47.9 Å². The number of furan rings is 1. The lowest BCUT2D eigenvalue weighted by molar-refractivity contribution is 0.669. The second-order valence-corrected chi connectivity index (χ2v) is 18.2. The number of anilines is 3. The van der Waals surface area contributed by atoms with Crippen molar-refractivity contribution in [1.29, 1.82) is 0 Å². The van der Waals surface area contributed by atoms with Crippen LogP contribution in [0, 0.1) is 0 Å². The summed E-state index contributed by atoms with van der Waals surface area (Å²) in [4.78, 5) is 2.47. The molecule has 0 atom stereocenters. The Balaban J connectivity index is 0.983. The van der Waals surface area contributed by atoms with E-state index in [-0.39, 0.29) is 0 Å². The molecule has 10 aromatic carbocycles. The molecular weight excluding hydrogens is 795 g/mol. The lowest BCUT2D eigenvalue weighted by Gasteiger charge is -2.31. The van der Waals surface area contributed by atoms with Crippen LogP contribution >= 0.6 is 11.3 Å². The van der Waals surface area contributed by atoms with Crippen LogP contribution in [0.3, 0.4) is 0 Å². The number of nitrogens with zero attached hydrogens (tertiary/aromatic N) is 1. The minimum absolute atomic E-state index is 0.404. The zero-order chi connectivity index (χ0) is 41.9. The largest absolute Gasteiger partial charge is 0.456 e. The highest BCUT2D eigenvalue weighted by atomic mass is 32.1. The topological polar surface area (TPSA) is 16.4 Å². The molecule has 0 unspecified atom stereocenters. The van der Waals surface area contributed by atoms with Crippen LogP contribution in [0.25, 0.3) is 86.6 Å². The van der Waals surface area contributed by atoms with Crippen molar-refractivity contribution in [2.24, 2.45) is 0 Å². The number of thiophene rings is 1. The molecule has 0 fully saturated rings. The van der Waals surface area contributed by atoms with E-state index in [0.29, 0.717) is 0 Å². The molecule has 2 aliphatic rings. The molecule has 0 saturated heterocycles. The Kier molecular flexibility index (Phi) is 7.51. The van der Waals surface area contributed by atoms with E-state index in [1.54, 1.807) is 0 Å². The molecule has 64 heavy (non-hydrogen) atoms. The van der Waals surface area contributed by atoms with Gasteiger partial charge >= 0.3 is 0 Å². The van der Waals surface area contributed by atoms with E-state index in [1.165, 1.54) is 75.8 Å². The van der Waals surface area contributed by atoms with E-state index in [1.807, 2.05) is 23.5 Å². The summed E-state index contributed by atoms with van der Waals surface area (Å²) in [6.45, 7) is 0. The van der Waals surface area contributed by atoms with Crippen LogP contribution in [-0.2, 0) is 5.41 Å². The zero-order valence-corrected chi connectivity index (χ0v) is 35.4. The fourth-order valence-electron chi connectivity index (χ4n) is 11.3. The molecule has 14 rings (SSSR count). The van der Waals surface area contributed by atoms with Gasteiger partial charge in [-0.25, -0.2) is 0 Å².